The Hall–Kier alpha value is -1.25. The maximum atomic E-state index is 7.37. The third-order valence-electron chi connectivity index (χ3n) is 2.63. The van der Waals surface area contributed by atoms with Crippen LogP contribution < -0.4 is 11.1 Å². The summed E-state index contributed by atoms with van der Waals surface area (Å²) in [6, 6.07) is 0.472. The molecule has 1 aliphatic rings. The van der Waals surface area contributed by atoms with Gasteiger partial charge in [-0.25, -0.2) is 0 Å². The monoisotopic (exact) mass is 193 g/mol. The van der Waals surface area contributed by atoms with Gasteiger partial charge in [0.05, 0.1) is 5.70 Å². The fourth-order valence-electron chi connectivity index (χ4n) is 1.89. The lowest BCUT2D eigenvalue weighted by atomic mass is 10.1. The number of nitrogens with two attached hydrogens (primary N) is 1. The lowest BCUT2D eigenvalue weighted by Crippen LogP contribution is -2.32. The van der Waals surface area contributed by atoms with Crippen molar-refractivity contribution in [1.29, 1.82) is 5.41 Å². The zero-order valence-corrected chi connectivity index (χ0v) is 8.72. The first kappa shape index (κ1) is 10.8. The molecule has 0 aliphatic heterocycles. The van der Waals surface area contributed by atoms with Gasteiger partial charge in [0, 0.05) is 6.04 Å². The van der Waals surface area contributed by atoms with Crippen LogP contribution in [0.4, 0.5) is 0 Å². The number of nitrogens with one attached hydrogen (secondary N) is 2. The first-order chi connectivity index (χ1) is 6.63. The van der Waals surface area contributed by atoms with Crippen molar-refractivity contribution >= 4 is 5.84 Å². The summed E-state index contributed by atoms with van der Waals surface area (Å²) in [6.45, 7) is 5.86. The second kappa shape index (κ2) is 4.84. The Balaban J connectivity index is 2.52. The van der Waals surface area contributed by atoms with Gasteiger partial charge in [0.1, 0.15) is 5.84 Å². The molecule has 2 atom stereocenters. The van der Waals surface area contributed by atoms with Gasteiger partial charge in [-0.3, -0.25) is 5.41 Å². The zero-order chi connectivity index (χ0) is 10.6. The summed E-state index contributed by atoms with van der Waals surface area (Å²) in [6.07, 6.45) is 7.01. The predicted molar refractivity (Wildman–Crippen MR) is 60.1 cm³/mol. The van der Waals surface area contributed by atoms with Crippen LogP contribution in [0, 0.1) is 11.3 Å². The van der Waals surface area contributed by atoms with Gasteiger partial charge in [-0.05, 0) is 31.3 Å². The van der Waals surface area contributed by atoms with Crippen molar-refractivity contribution in [3.8, 4) is 0 Å². The number of rotatable bonds is 4. The van der Waals surface area contributed by atoms with Crippen LogP contribution in [0.15, 0.2) is 24.4 Å². The topological polar surface area (TPSA) is 61.9 Å². The third kappa shape index (κ3) is 2.91. The number of allylic oxidation sites excluding steroid dienone is 2. The van der Waals surface area contributed by atoms with Crippen molar-refractivity contribution in [2.24, 2.45) is 11.7 Å². The molecule has 0 radical (unpaired) electrons. The van der Waals surface area contributed by atoms with Crippen LogP contribution >= 0.6 is 0 Å². The van der Waals surface area contributed by atoms with Crippen LogP contribution in [0.3, 0.4) is 0 Å². The molecular formula is C11H19N3. The summed E-state index contributed by atoms with van der Waals surface area (Å²) >= 11 is 0. The molecule has 0 aromatic rings. The summed E-state index contributed by atoms with van der Waals surface area (Å²) in [5, 5.41) is 10.7. The Bertz CT molecular complexity index is 255. The van der Waals surface area contributed by atoms with E-state index in [1.165, 1.54) is 19.3 Å². The van der Waals surface area contributed by atoms with Gasteiger partial charge in [-0.15, -0.1) is 0 Å². The van der Waals surface area contributed by atoms with Gasteiger partial charge in [0.15, 0.2) is 0 Å². The Morgan fingerprint density at radius 3 is 2.71 bits per heavy atom. The predicted octanol–water partition coefficient (Wildman–Crippen LogP) is 1.77. The second-order valence-electron chi connectivity index (χ2n) is 3.99. The van der Waals surface area contributed by atoms with Crippen molar-refractivity contribution in [2.75, 3.05) is 0 Å². The highest BCUT2D eigenvalue weighted by molar-refractivity contribution is 5.94. The van der Waals surface area contributed by atoms with Crippen LogP contribution in [-0.2, 0) is 0 Å². The summed E-state index contributed by atoms with van der Waals surface area (Å²) in [5.74, 6) is 0.869. The lowest BCUT2D eigenvalue weighted by Gasteiger charge is -2.15. The van der Waals surface area contributed by atoms with E-state index in [4.69, 9.17) is 11.1 Å². The summed E-state index contributed by atoms with van der Waals surface area (Å²) in [4.78, 5) is 0. The number of hydrogen-bond acceptors (Lipinski definition) is 2. The molecule has 0 aromatic carbocycles. The molecule has 2 unspecified atom stereocenters. The Kier molecular flexibility index (Phi) is 3.74. The molecule has 0 heterocycles. The van der Waals surface area contributed by atoms with E-state index in [1.807, 2.05) is 0 Å². The van der Waals surface area contributed by atoms with Crippen LogP contribution in [0.2, 0.25) is 0 Å². The summed E-state index contributed by atoms with van der Waals surface area (Å²) in [5.41, 5.74) is 6.13. The van der Waals surface area contributed by atoms with Gasteiger partial charge in [-0.2, -0.15) is 0 Å². The number of amidine groups is 1. The second-order valence-corrected chi connectivity index (χ2v) is 3.99. The fourth-order valence-corrected chi connectivity index (χ4v) is 1.89. The van der Waals surface area contributed by atoms with Crippen LogP contribution in [-0.4, -0.2) is 11.9 Å². The lowest BCUT2D eigenvalue weighted by molar-refractivity contribution is 0.553. The molecule has 3 heteroatoms. The van der Waals surface area contributed by atoms with Crippen molar-refractivity contribution in [2.45, 2.75) is 32.2 Å². The summed E-state index contributed by atoms with van der Waals surface area (Å²) in [7, 11) is 0. The molecule has 1 aliphatic carbocycles. The highest BCUT2D eigenvalue weighted by Gasteiger charge is 2.21. The van der Waals surface area contributed by atoms with Crippen LogP contribution in [0.1, 0.15) is 26.2 Å². The SMILES string of the molecule is C=C/C=C(\NC1CCC(C)C1)C(=N)N. The summed E-state index contributed by atoms with van der Waals surface area (Å²) < 4.78 is 0. The molecule has 78 valence electrons. The van der Waals surface area contributed by atoms with Gasteiger partial charge < -0.3 is 11.1 Å². The van der Waals surface area contributed by atoms with Gasteiger partial charge >= 0.3 is 0 Å². The van der Waals surface area contributed by atoms with E-state index >= 15 is 0 Å². The van der Waals surface area contributed by atoms with E-state index in [9.17, 15) is 0 Å². The normalized spacial score (nSPS) is 27.4. The maximum Gasteiger partial charge on any atom is 0.139 e. The molecule has 14 heavy (non-hydrogen) atoms. The molecule has 0 amide bonds. The molecule has 1 rings (SSSR count). The molecule has 0 spiro atoms. The first-order valence-corrected chi connectivity index (χ1v) is 5.07. The molecule has 0 aromatic heterocycles. The first-order valence-electron chi connectivity index (χ1n) is 5.07. The van der Waals surface area contributed by atoms with Gasteiger partial charge in [-0.1, -0.05) is 19.6 Å². The van der Waals surface area contributed by atoms with Gasteiger partial charge in [0.25, 0.3) is 0 Å². The van der Waals surface area contributed by atoms with E-state index in [1.54, 1.807) is 12.2 Å². The number of hydrogen-bond donors (Lipinski definition) is 3. The van der Waals surface area contributed by atoms with Crippen molar-refractivity contribution in [1.82, 2.24) is 5.32 Å². The zero-order valence-electron chi connectivity index (χ0n) is 8.72. The van der Waals surface area contributed by atoms with Crippen LogP contribution in [0.5, 0.6) is 0 Å². The van der Waals surface area contributed by atoms with Crippen molar-refractivity contribution in [3.63, 3.8) is 0 Å². The maximum absolute atomic E-state index is 7.37. The largest absolute Gasteiger partial charge is 0.382 e. The molecule has 1 fully saturated rings. The molecule has 0 saturated heterocycles. The standard InChI is InChI=1S/C11H19N3/c1-3-4-10(11(12)13)14-9-6-5-8(2)7-9/h3-4,8-9,14H,1,5-7H2,2H3,(H3,12,13)/b10-4-. The molecule has 3 nitrogen and oxygen atoms in total. The smallest absolute Gasteiger partial charge is 0.139 e. The molecule has 1 saturated carbocycles. The molecular weight excluding hydrogens is 174 g/mol. The van der Waals surface area contributed by atoms with E-state index in [0.717, 1.165) is 5.92 Å². The van der Waals surface area contributed by atoms with E-state index < -0.39 is 0 Å². The fraction of sp³-hybridized carbons (Fsp3) is 0.545. The van der Waals surface area contributed by atoms with Crippen molar-refractivity contribution < 1.29 is 0 Å². The Morgan fingerprint density at radius 2 is 2.29 bits per heavy atom. The molecule has 4 N–H and O–H groups in total. The molecule has 0 bridgehead atoms. The van der Waals surface area contributed by atoms with E-state index in [2.05, 4.69) is 18.8 Å². The third-order valence-corrected chi connectivity index (χ3v) is 2.63. The van der Waals surface area contributed by atoms with Crippen molar-refractivity contribution in [3.05, 3.63) is 24.4 Å². The minimum absolute atomic E-state index is 0.0875. The van der Waals surface area contributed by atoms with E-state index in [-0.39, 0.29) is 5.84 Å². The van der Waals surface area contributed by atoms with E-state index in [0.29, 0.717) is 11.7 Å². The Morgan fingerprint density at radius 1 is 1.57 bits per heavy atom. The average molecular weight is 193 g/mol. The van der Waals surface area contributed by atoms with Crippen LogP contribution in [0.25, 0.3) is 0 Å². The minimum Gasteiger partial charge on any atom is -0.382 e. The minimum atomic E-state index is 0.0875. The Labute approximate surface area is 85.6 Å². The average Bonchev–Trinajstić information content (AvgIpc) is 2.50. The van der Waals surface area contributed by atoms with Gasteiger partial charge in [0.2, 0.25) is 0 Å². The quantitative estimate of drug-likeness (QED) is 0.362. The highest BCUT2D eigenvalue weighted by Crippen LogP contribution is 2.25. The highest BCUT2D eigenvalue weighted by atomic mass is 15.0.